The Kier molecular flexibility index (Phi) is 4.81. The molecule has 6 rings (SSSR count). The van der Waals surface area contributed by atoms with Gasteiger partial charge in [0.1, 0.15) is 0 Å². The summed E-state index contributed by atoms with van der Waals surface area (Å²) in [6, 6.07) is 20.3. The van der Waals surface area contributed by atoms with Crippen molar-refractivity contribution < 1.29 is 9.31 Å². The van der Waals surface area contributed by atoms with Gasteiger partial charge in [-0.3, -0.25) is 4.99 Å². The molecule has 5 heteroatoms. The molecule has 3 aliphatic rings. The van der Waals surface area contributed by atoms with Crippen molar-refractivity contribution in [1.29, 1.82) is 0 Å². The fourth-order valence-corrected chi connectivity index (χ4v) is 5.15. The maximum atomic E-state index is 6.28. The molecule has 0 aromatic heterocycles. The first kappa shape index (κ1) is 21.1. The van der Waals surface area contributed by atoms with E-state index < -0.39 is 0 Å². The molecule has 3 aliphatic heterocycles. The SMILES string of the molecule is CC1(C)OB(c2ccc3ccc(-c4ccc5c(c4)CC([C@@H]4CCCN4)=N5)cc3c2)OC1(C)C. The van der Waals surface area contributed by atoms with E-state index in [1.165, 1.54) is 46.0 Å². The molecular weight excluding hydrogens is 407 g/mol. The van der Waals surface area contributed by atoms with Gasteiger partial charge in [0.05, 0.1) is 16.9 Å². The summed E-state index contributed by atoms with van der Waals surface area (Å²) in [7, 11) is -0.345. The van der Waals surface area contributed by atoms with Crippen LogP contribution in [0.2, 0.25) is 0 Å². The van der Waals surface area contributed by atoms with Crippen LogP contribution in [0.3, 0.4) is 0 Å². The average molecular weight is 438 g/mol. The molecule has 2 saturated heterocycles. The van der Waals surface area contributed by atoms with Crippen molar-refractivity contribution in [3.63, 3.8) is 0 Å². The largest absolute Gasteiger partial charge is 0.494 e. The van der Waals surface area contributed by atoms with E-state index in [4.69, 9.17) is 14.3 Å². The third-order valence-electron chi connectivity index (χ3n) is 7.90. The maximum absolute atomic E-state index is 6.28. The standard InChI is InChI=1S/C28H31BN2O2/c1-27(2)28(3,4)33-29(32-27)23-11-9-18-7-8-19(14-21(18)16-23)20-10-12-24-22(15-20)17-26(31-24)25-6-5-13-30-25/h7-12,14-16,25,30H,5-6,13,17H2,1-4H3/t25-/m0/s1. The van der Waals surface area contributed by atoms with Crippen molar-refractivity contribution in [3.8, 4) is 11.1 Å². The molecule has 2 fully saturated rings. The van der Waals surface area contributed by atoms with Crippen molar-refractivity contribution in [2.45, 2.75) is 64.2 Å². The number of fused-ring (bicyclic) bond motifs is 2. The van der Waals surface area contributed by atoms with E-state index in [1.807, 2.05) is 0 Å². The van der Waals surface area contributed by atoms with Gasteiger partial charge in [0.15, 0.2) is 0 Å². The molecule has 3 aromatic rings. The second-order valence-electron chi connectivity index (χ2n) is 10.7. The molecular formula is C28H31BN2O2. The molecule has 0 radical (unpaired) electrons. The number of benzene rings is 3. The highest BCUT2D eigenvalue weighted by Crippen LogP contribution is 2.37. The van der Waals surface area contributed by atoms with E-state index in [0.29, 0.717) is 6.04 Å². The monoisotopic (exact) mass is 438 g/mol. The van der Waals surface area contributed by atoms with Crippen LogP contribution in [0.1, 0.15) is 46.1 Å². The van der Waals surface area contributed by atoms with Crippen LogP contribution in [0.15, 0.2) is 59.6 Å². The predicted molar refractivity (Wildman–Crippen MR) is 137 cm³/mol. The quantitative estimate of drug-likeness (QED) is 0.573. The number of rotatable bonds is 3. The Bertz CT molecular complexity index is 1260. The van der Waals surface area contributed by atoms with E-state index in [9.17, 15) is 0 Å². The van der Waals surface area contributed by atoms with Gasteiger partial charge in [0, 0.05) is 18.2 Å². The molecule has 0 bridgehead atoms. The molecule has 1 N–H and O–H groups in total. The zero-order valence-corrected chi connectivity index (χ0v) is 19.9. The highest BCUT2D eigenvalue weighted by atomic mass is 16.7. The van der Waals surface area contributed by atoms with Crippen molar-refractivity contribution in [2.75, 3.05) is 6.54 Å². The lowest BCUT2D eigenvalue weighted by Crippen LogP contribution is -2.41. The minimum atomic E-state index is -0.345. The first-order chi connectivity index (χ1) is 15.8. The minimum absolute atomic E-state index is 0.339. The van der Waals surface area contributed by atoms with Crippen molar-refractivity contribution >= 4 is 34.8 Å². The second kappa shape index (κ2) is 7.52. The van der Waals surface area contributed by atoms with Gasteiger partial charge in [-0.2, -0.15) is 0 Å². The van der Waals surface area contributed by atoms with Gasteiger partial charge in [-0.1, -0.05) is 36.4 Å². The van der Waals surface area contributed by atoms with Crippen LogP contribution >= 0.6 is 0 Å². The van der Waals surface area contributed by atoms with E-state index in [-0.39, 0.29) is 18.3 Å². The lowest BCUT2D eigenvalue weighted by Gasteiger charge is -2.32. The zero-order valence-electron chi connectivity index (χ0n) is 19.9. The van der Waals surface area contributed by atoms with Crippen molar-refractivity contribution in [2.24, 2.45) is 4.99 Å². The fraction of sp³-hybridized carbons (Fsp3) is 0.393. The number of aliphatic imine (C=N–C) groups is 1. The number of nitrogens with zero attached hydrogens (tertiary/aromatic N) is 1. The molecule has 0 saturated carbocycles. The summed E-state index contributed by atoms with van der Waals surface area (Å²) in [6.45, 7) is 9.49. The smallest absolute Gasteiger partial charge is 0.399 e. The molecule has 0 amide bonds. The van der Waals surface area contributed by atoms with E-state index in [0.717, 1.165) is 24.1 Å². The Morgan fingerprint density at radius 2 is 1.61 bits per heavy atom. The summed E-state index contributed by atoms with van der Waals surface area (Å²) in [4.78, 5) is 4.92. The summed E-state index contributed by atoms with van der Waals surface area (Å²) < 4.78 is 12.6. The molecule has 0 spiro atoms. The second-order valence-corrected chi connectivity index (χ2v) is 10.7. The Morgan fingerprint density at radius 1 is 0.879 bits per heavy atom. The predicted octanol–water partition coefficient (Wildman–Crippen LogP) is 5.19. The van der Waals surface area contributed by atoms with E-state index in [2.05, 4.69) is 87.6 Å². The van der Waals surface area contributed by atoms with Crippen LogP contribution in [0, 0.1) is 0 Å². The van der Waals surface area contributed by atoms with Gasteiger partial charge in [-0.25, -0.2) is 0 Å². The molecule has 33 heavy (non-hydrogen) atoms. The van der Waals surface area contributed by atoms with E-state index in [1.54, 1.807) is 0 Å². The molecule has 3 heterocycles. The fourth-order valence-electron chi connectivity index (χ4n) is 5.15. The lowest BCUT2D eigenvalue weighted by atomic mass is 9.78. The lowest BCUT2D eigenvalue weighted by molar-refractivity contribution is 0.00578. The van der Waals surface area contributed by atoms with Crippen LogP contribution < -0.4 is 10.8 Å². The van der Waals surface area contributed by atoms with Crippen molar-refractivity contribution in [3.05, 3.63) is 60.2 Å². The first-order valence-electron chi connectivity index (χ1n) is 12.1. The number of nitrogens with one attached hydrogen (secondary N) is 1. The topological polar surface area (TPSA) is 42.8 Å². The number of hydrogen-bond acceptors (Lipinski definition) is 4. The first-order valence-corrected chi connectivity index (χ1v) is 12.1. The van der Waals surface area contributed by atoms with Gasteiger partial charge >= 0.3 is 7.12 Å². The van der Waals surface area contributed by atoms with Crippen LogP contribution in [0.5, 0.6) is 0 Å². The summed E-state index contributed by atoms with van der Waals surface area (Å²) in [5.74, 6) is 0. The molecule has 1 atom stereocenters. The van der Waals surface area contributed by atoms with Crippen molar-refractivity contribution in [1.82, 2.24) is 5.32 Å². The Labute approximate surface area is 196 Å². The number of hydrogen-bond donors (Lipinski definition) is 1. The minimum Gasteiger partial charge on any atom is -0.399 e. The summed E-state index contributed by atoms with van der Waals surface area (Å²) in [5, 5.41) is 6.01. The molecule has 168 valence electrons. The Hall–Kier alpha value is -2.47. The molecule has 3 aromatic carbocycles. The Balaban J connectivity index is 1.29. The van der Waals surface area contributed by atoms with Crippen LogP contribution in [-0.2, 0) is 15.7 Å². The van der Waals surface area contributed by atoms with Crippen LogP contribution in [0.25, 0.3) is 21.9 Å². The summed E-state index contributed by atoms with van der Waals surface area (Å²) in [6.07, 6.45) is 3.41. The van der Waals surface area contributed by atoms with Gasteiger partial charge in [0.25, 0.3) is 0 Å². The summed E-state index contributed by atoms with van der Waals surface area (Å²) >= 11 is 0. The Morgan fingerprint density at radius 3 is 2.36 bits per heavy atom. The van der Waals surface area contributed by atoms with Gasteiger partial charge < -0.3 is 14.6 Å². The highest BCUT2D eigenvalue weighted by Gasteiger charge is 2.51. The molecule has 0 unspecified atom stereocenters. The maximum Gasteiger partial charge on any atom is 0.494 e. The molecule has 4 nitrogen and oxygen atoms in total. The molecule has 0 aliphatic carbocycles. The van der Waals surface area contributed by atoms with Gasteiger partial charge in [-0.15, -0.1) is 0 Å². The van der Waals surface area contributed by atoms with Gasteiger partial charge in [0.2, 0.25) is 0 Å². The average Bonchev–Trinajstić information content (AvgIpc) is 3.50. The van der Waals surface area contributed by atoms with E-state index >= 15 is 0 Å². The third kappa shape index (κ3) is 3.63. The zero-order chi connectivity index (χ0) is 22.8. The normalized spacial score (nSPS) is 23.2. The third-order valence-corrected chi connectivity index (χ3v) is 7.90. The highest BCUT2D eigenvalue weighted by molar-refractivity contribution is 6.62. The van der Waals surface area contributed by atoms with Crippen LogP contribution in [-0.4, -0.2) is 36.6 Å². The van der Waals surface area contributed by atoms with Crippen LogP contribution in [0.4, 0.5) is 5.69 Å². The summed E-state index contributed by atoms with van der Waals surface area (Å²) in [5.41, 5.74) is 6.62. The van der Waals surface area contributed by atoms with Gasteiger partial charge in [-0.05, 0) is 98.2 Å².